The van der Waals surface area contributed by atoms with Gasteiger partial charge in [-0.05, 0) is 131 Å². The van der Waals surface area contributed by atoms with Crippen molar-refractivity contribution in [1.29, 1.82) is 0 Å². The maximum atomic E-state index is 15.0. The van der Waals surface area contributed by atoms with Crippen LogP contribution in [0.5, 0.6) is 0 Å². The number of carbonyl (C=O) groups is 2. The molecule has 8 aliphatic rings. The van der Waals surface area contributed by atoms with E-state index < -0.39 is 134 Å². The highest BCUT2D eigenvalue weighted by molar-refractivity contribution is 5.78. The molecule has 5 aliphatic carbocycles. The third kappa shape index (κ3) is 8.06. The molecule has 27 unspecified atom stereocenters. The van der Waals surface area contributed by atoms with Crippen LogP contribution in [-0.4, -0.2) is 180 Å². The SMILES string of the molecule is C=C(C)C1CCC2(C(=O)OC3OC(COC4OC(CO)C(OC5OC(C)C(O)C(O)C5O)C(O)C4O)C(O)C(O)C3O)CC(C)C3C(CCC4C3(C)CCC3C4(C)CCC(O)C3(C)C(=O)O)C12. The van der Waals surface area contributed by atoms with Crippen LogP contribution in [0.2, 0.25) is 0 Å². The number of hydrogen-bond acceptors (Lipinski definition) is 18. The van der Waals surface area contributed by atoms with E-state index in [9.17, 15) is 61.0 Å². The summed E-state index contributed by atoms with van der Waals surface area (Å²) in [6.07, 6.45) is -19.3. The van der Waals surface area contributed by atoms with E-state index in [0.29, 0.717) is 32.1 Å². The van der Waals surface area contributed by atoms with Crippen LogP contribution >= 0.6 is 0 Å². The van der Waals surface area contributed by atoms with Crippen molar-refractivity contribution < 1.29 is 94.2 Å². The van der Waals surface area contributed by atoms with Crippen molar-refractivity contribution in [3.63, 3.8) is 0 Å². The van der Waals surface area contributed by atoms with Gasteiger partial charge in [-0.3, -0.25) is 9.59 Å². The fourth-order valence-corrected chi connectivity index (χ4v) is 16.0. The molecule has 0 aromatic rings. The number of carboxylic acids is 1. The van der Waals surface area contributed by atoms with Crippen LogP contribution in [-0.2, 0) is 38.0 Å². The standard InChI is InChI=1S/C48H76O19/c1-19(2)22-10-15-48(16-20(3)29-23(30(22)48)8-9-26-45(5)14-12-28(50)47(7,43(59)60)27(45)11-13-46(26,29)6)44(61)67-42-37(57)34(54)32(52)25(65-42)18-62-40-38(58)35(55)39(24(17-49)64-40)66-41-36(56)33(53)31(51)21(4)63-41/h20-42,49-58H,1,8-18H2,2-7H3,(H,59,60). The van der Waals surface area contributed by atoms with Crippen molar-refractivity contribution in [2.75, 3.05) is 13.2 Å². The van der Waals surface area contributed by atoms with Crippen LogP contribution in [0.15, 0.2) is 12.2 Å². The molecule has 3 heterocycles. The maximum Gasteiger partial charge on any atom is 0.314 e. The van der Waals surface area contributed by atoms with Crippen LogP contribution < -0.4 is 0 Å². The largest absolute Gasteiger partial charge is 0.481 e. The molecule has 8 fully saturated rings. The Bertz CT molecular complexity index is 1840. The summed E-state index contributed by atoms with van der Waals surface area (Å²) in [6, 6.07) is 0. The minimum atomic E-state index is -1.87. The Morgan fingerprint density at radius 1 is 0.672 bits per heavy atom. The van der Waals surface area contributed by atoms with Crippen molar-refractivity contribution in [3.8, 4) is 0 Å². The van der Waals surface area contributed by atoms with Gasteiger partial charge in [-0.25, -0.2) is 0 Å². The van der Waals surface area contributed by atoms with E-state index >= 15 is 4.79 Å². The fraction of sp³-hybridized carbons (Fsp3) is 0.917. The summed E-state index contributed by atoms with van der Waals surface area (Å²) < 4.78 is 34.7. The smallest absolute Gasteiger partial charge is 0.314 e. The van der Waals surface area contributed by atoms with Crippen molar-refractivity contribution in [3.05, 3.63) is 12.2 Å². The minimum absolute atomic E-state index is 0.00107. The number of carboxylic acid groups (broad SMARTS) is 1. The second kappa shape index (κ2) is 18.6. The molecule has 3 saturated heterocycles. The molecule has 382 valence electrons. The van der Waals surface area contributed by atoms with Crippen LogP contribution in [0.1, 0.15) is 99.3 Å². The second-order valence-corrected chi connectivity index (χ2v) is 22.7. The number of aliphatic hydroxyl groups is 10. The number of hydrogen-bond donors (Lipinski definition) is 11. The lowest BCUT2D eigenvalue weighted by molar-refractivity contribution is -0.361. The molecule has 0 radical (unpaired) electrons. The van der Waals surface area contributed by atoms with Crippen LogP contribution in [0.4, 0.5) is 0 Å². The molecule has 0 bridgehead atoms. The number of aliphatic carboxylic acids is 1. The topological polar surface area (TPSA) is 312 Å². The molecule has 8 rings (SSSR count). The minimum Gasteiger partial charge on any atom is -0.481 e. The molecule has 0 aromatic carbocycles. The Morgan fingerprint density at radius 2 is 1.30 bits per heavy atom. The van der Waals surface area contributed by atoms with E-state index in [4.69, 9.17) is 28.4 Å². The molecule has 11 N–H and O–H groups in total. The van der Waals surface area contributed by atoms with Crippen molar-refractivity contribution in [2.24, 2.45) is 63.1 Å². The molecular formula is C48H76O19. The van der Waals surface area contributed by atoms with Gasteiger partial charge in [0.15, 0.2) is 12.6 Å². The first-order valence-corrected chi connectivity index (χ1v) is 24.5. The van der Waals surface area contributed by atoms with Crippen LogP contribution in [0.25, 0.3) is 0 Å². The summed E-state index contributed by atoms with van der Waals surface area (Å²) in [7, 11) is 0. The van der Waals surface area contributed by atoms with E-state index in [1.54, 1.807) is 6.92 Å². The van der Waals surface area contributed by atoms with Gasteiger partial charge in [-0.2, -0.15) is 0 Å². The zero-order valence-electron chi connectivity index (χ0n) is 39.4. The number of aliphatic hydroxyl groups excluding tert-OH is 10. The number of ether oxygens (including phenoxy) is 6. The Morgan fingerprint density at radius 3 is 1.96 bits per heavy atom. The monoisotopic (exact) mass is 956 g/mol. The molecule has 0 amide bonds. The number of fused-ring (bicyclic) bond motifs is 7. The summed E-state index contributed by atoms with van der Waals surface area (Å²) in [6.45, 7) is 14.9. The molecule has 5 saturated carbocycles. The third-order valence-corrected chi connectivity index (χ3v) is 19.2. The first-order valence-electron chi connectivity index (χ1n) is 24.5. The van der Waals surface area contributed by atoms with Gasteiger partial charge in [0.25, 0.3) is 0 Å². The van der Waals surface area contributed by atoms with Crippen molar-refractivity contribution in [1.82, 2.24) is 0 Å². The average molecular weight is 957 g/mol. The van der Waals surface area contributed by atoms with E-state index in [1.165, 1.54) is 6.92 Å². The third-order valence-electron chi connectivity index (χ3n) is 19.2. The highest BCUT2D eigenvalue weighted by atomic mass is 16.8. The van der Waals surface area contributed by atoms with Crippen LogP contribution in [0.3, 0.4) is 0 Å². The number of rotatable bonds is 10. The first-order chi connectivity index (χ1) is 31.4. The quantitative estimate of drug-likeness (QED) is 0.101. The van der Waals surface area contributed by atoms with E-state index in [1.807, 2.05) is 6.92 Å². The Kier molecular flexibility index (Phi) is 14.3. The van der Waals surface area contributed by atoms with Gasteiger partial charge in [0.2, 0.25) is 6.29 Å². The summed E-state index contributed by atoms with van der Waals surface area (Å²) in [5.41, 5.74) is -1.75. The maximum absolute atomic E-state index is 15.0. The summed E-state index contributed by atoms with van der Waals surface area (Å²) in [5.74, 6) is -1.33. The summed E-state index contributed by atoms with van der Waals surface area (Å²) >= 11 is 0. The lowest BCUT2D eigenvalue weighted by Gasteiger charge is -2.69. The average Bonchev–Trinajstić information content (AvgIpc) is 3.68. The first kappa shape index (κ1) is 51.4. The van der Waals surface area contributed by atoms with Crippen molar-refractivity contribution in [2.45, 2.75) is 198 Å². The second-order valence-electron chi connectivity index (χ2n) is 22.7. The Hall–Kier alpha value is -1.92. The van der Waals surface area contributed by atoms with Crippen LogP contribution in [0, 0.1) is 63.1 Å². The highest BCUT2D eigenvalue weighted by Crippen LogP contribution is 2.75. The molecule has 19 heteroatoms. The van der Waals surface area contributed by atoms with E-state index in [0.717, 1.165) is 31.3 Å². The molecule has 19 nitrogen and oxygen atoms in total. The zero-order valence-corrected chi connectivity index (χ0v) is 39.4. The zero-order chi connectivity index (χ0) is 49.0. The van der Waals surface area contributed by atoms with E-state index in [-0.39, 0.29) is 52.3 Å². The molecule has 0 spiro atoms. The van der Waals surface area contributed by atoms with Gasteiger partial charge >= 0.3 is 11.9 Å². The summed E-state index contributed by atoms with van der Waals surface area (Å²) in [4.78, 5) is 27.9. The fourth-order valence-electron chi connectivity index (χ4n) is 16.0. The molecule has 3 aliphatic heterocycles. The lowest BCUT2D eigenvalue weighted by Crippen LogP contribution is -2.66. The van der Waals surface area contributed by atoms with Gasteiger partial charge in [-0.15, -0.1) is 0 Å². The van der Waals surface area contributed by atoms with Gasteiger partial charge < -0.3 is 84.6 Å². The van der Waals surface area contributed by atoms with Gasteiger partial charge in [0.1, 0.15) is 67.1 Å². The Labute approximate surface area is 391 Å². The molecule has 0 aromatic heterocycles. The molecule has 27 atom stereocenters. The number of carbonyl (C=O) groups excluding carboxylic acids is 1. The van der Waals surface area contributed by atoms with Gasteiger partial charge in [-0.1, -0.05) is 32.9 Å². The van der Waals surface area contributed by atoms with Crippen molar-refractivity contribution >= 4 is 11.9 Å². The summed E-state index contributed by atoms with van der Waals surface area (Å²) in [5, 5.41) is 118. The van der Waals surface area contributed by atoms with Gasteiger partial charge in [0.05, 0.1) is 36.3 Å². The molecule has 67 heavy (non-hydrogen) atoms. The van der Waals surface area contributed by atoms with Gasteiger partial charge in [0, 0.05) is 0 Å². The van der Waals surface area contributed by atoms with E-state index in [2.05, 4.69) is 27.4 Å². The molecular weight excluding hydrogens is 881 g/mol. The number of esters is 1. The lowest BCUT2D eigenvalue weighted by atomic mass is 9.35. The number of allylic oxidation sites excluding steroid dienone is 1. The predicted molar refractivity (Wildman–Crippen MR) is 231 cm³/mol. The predicted octanol–water partition coefficient (Wildman–Crippen LogP) is -0.0554. The Balaban J connectivity index is 0.969. The normalized spacial score (nSPS) is 55.3. The highest BCUT2D eigenvalue weighted by Gasteiger charge is 2.71.